The number of hydrogen-bond donors (Lipinski definition) is 2. The van der Waals surface area contributed by atoms with Crippen LogP contribution in [0.25, 0.3) is 0 Å². The molecule has 0 unspecified atom stereocenters. The molecule has 1 aliphatic heterocycles. The highest BCUT2D eigenvalue weighted by Gasteiger charge is 2.32. The van der Waals surface area contributed by atoms with Crippen molar-refractivity contribution < 1.29 is 4.79 Å². The summed E-state index contributed by atoms with van der Waals surface area (Å²) in [5.41, 5.74) is 7.22. The standard InChI is InChI=1S/C11H16N4O/c1-11(2,7-12)15-6-10(16)14-8-3-4-13-5-9(8)15/h3-5H,6-7,12H2,1-2H3,(H,14,16). The molecule has 0 aromatic carbocycles. The number of rotatable bonds is 2. The highest BCUT2D eigenvalue weighted by Crippen LogP contribution is 2.32. The number of nitrogens with two attached hydrogens (primary N) is 1. The molecule has 3 N–H and O–H groups in total. The first kappa shape index (κ1) is 10.9. The van der Waals surface area contributed by atoms with Crippen LogP contribution in [0.5, 0.6) is 0 Å². The molecule has 0 radical (unpaired) electrons. The molecule has 0 saturated heterocycles. The summed E-state index contributed by atoms with van der Waals surface area (Å²) < 4.78 is 0. The van der Waals surface area contributed by atoms with Gasteiger partial charge in [0.15, 0.2) is 0 Å². The van der Waals surface area contributed by atoms with Crippen molar-refractivity contribution in [1.29, 1.82) is 0 Å². The van der Waals surface area contributed by atoms with Crippen molar-refractivity contribution in [3.8, 4) is 0 Å². The first-order valence-corrected chi connectivity index (χ1v) is 5.26. The van der Waals surface area contributed by atoms with Gasteiger partial charge in [-0.2, -0.15) is 0 Å². The minimum Gasteiger partial charge on any atom is -0.353 e. The van der Waals surface area contributed by atoms with E-state index in [2.05, 4.69) is 10.3 Å². The summed E-state index contributed by atoms with van der Waals surface area (Å²) in [6.07, 6.45) is 3.42. The molecule has 5 nitrogen and oxygen atoms in total. The quantitative estimate of drug-likeness (QED) is 0.764. The van der Waals surface area contributed by atoms with Crippen molar-refractivity contribution in [3.05, 3.63) is 18.5 Å². The Bertz CT molecular complexity index is 416. The van der Waals surface area contributed by atoms with Gasteiger partial charge in [-0.15, -0.1) is 0 Å². The van der Waals surface area contributed by atoms with Crippen LogP contribution in [0.2, 0.25) is 0 Å². The number of fused-ring (bicyclic) bond motifs is 1. The first-order chi connectivity index (χ1) is 7.54. The van der Waals surface area contributed by atoms with E-state index < -0.39 is 0 Å². The molecule has 1 amide bonds. The van der Waals surface area contributed by atoms with E-state index in [4.69, 9.17) is 5.73 Å². The Morgan fingerprint density at radius 2 is 2.38 bits per heavy atom. The molecule has 1 aromatic heterocycles. The van der Waals surface area contributed by atoms with Crippen LogP contribution in [0.3, 0.4) is 0 Å². The van der Waals surface area contributed by atoms with E-state index in [1.54, 1.807) is 18.5 Å². The van der Waals surface area contributed by atoms with Crippen LogP contribution < -0.4 is 16.0 Å². The van der Waals surface area contributed by atoms with Gasteiger partial charge in [0.1, 0.15) is 0 Å². The molecule has 0 bridgehead atoms. The highest BCUT2D eigenvalue weighted by molar-refractivity contribution is 6.01. The van der Waals surface area contributed by atoms with Gasteiger partial charge in [-0.3, -0.25) is 9.78 Å². The van der Waals surface area contributed by atoms with Gasteiger partial charge in [0.25, 0.3) is 0 Å². The fourth-order valence-corrected chi connectivity index (χ4v) is 1.78. The Kier molecular flexibility index (Phi) is 2.55. The van der Waals surface area contributed by atoms with Crippen molar-refractivity contribution >= 4 is 17.3 Å². The van der Waals surface area contributed by atoms with Crippen LogP contribution in [0.4, 0.5) is 11.4 Å². The lowest BCUT2D eigenvalue weighted by Crippen LogP contribution is -2.54. The predicted octanol–water partition coefficient (Wildman–Crippen LogP) is 0.577. The van der Waals surface area contributed by atoms with Crippen LogP contribution in [-0.2, 0) is 4.79 Å². The Morgan fingerprint density at radius 1 is 1.62 bits per heavy atom. The van der Waals surface area contributed by atoms with Crippen LogP contribution in [0.15, 0.2) is 18.5 Å². The number of nitrogens with one attached hydrogen (secondary N) is 1. The molecule has 1 aliphatic rings. The molecule has 0 atom stereocenters. The van der Waals surface area contributed by atoms with Gasteiger partial charge < -0.3 is 16.0 Å². The zero-order valence-electron chi connectivity index (χ0n) is 9.53. The maximum Gasteiger partial charge on any atom is 0.243 e. The fraction of sp³-hybridized carbons (Fsp3) is 0.455. The number of anilines is 2. The number of carbonyl (C=O) groups excluding carboxylic acids is 1. The molecule has 2 heterocycles. The Hall–Kier alpha value is -1.62. The second-order valence-corrected chi connectivity index (χ2v) is 4.54. The Labute approximate surface area is 94.6 Å². The second-order valence-electron chi connectivity index (χ2n) is 4.54. The van der Waals surface area contributed by atoms with E-state index in [9.17, 15) is 4.79 Å². The van der Waals surface area contributed by atoms with Crippen LogP contribution in [0.1, 0.15) is 13.8 Å². The van der Waals surface area contributed by atoms with Crippen molar-refractivity contribution in [2.75, 3.05) is 23.3 Å². The van der Waals surface area contributed by atoms with E-state index >= 15 is 0 Å². The maximum atomic E-state index is 11.6. The molecular weight excluding hydrogens is 204 g/mol. The second kappa shape index (κ2) is 3.75. The average Bonchev–Trinajstić information content (AvgIpc) is 2.28. The van der Waals surface area contributed by atoms with E-state index in [-0.39, 0.29) is 11.4 Å². The molecule has 86 valence electrons. The number of hydrogen-bond acceptors (Lipinski definition) is 4. The molecule has 1 aromatic rings. The Balaban J connectivity index is 2.45. The summed E-state index contributed by atoms with van der Waals surface area (Å²) in [7, 11) is 0. The fourth-order valence-electron chi connectivity index (χ4n) is 1.78. The molecular formula is C11H16N4O. The zero-order valence-corrected chi connectivity index (χ0v) is 9.53. The van der Waals surface area contributed by atoms with E-state index in [1.165, 1.54) is 0 Å². The van der Waals surface area contributed by atoms with Crippen molar-refractivity contribution in [2.45, 2.75) is 19.4 Å². The summed E-state index contributed by atoms with van der Waals surface area (Å²) in [4.78, 5) is 17.7. The Morgan fingerprint density at radius 3 is 3.06 bits per heavy atom. The van der Waals surface area contributed by atoms with Crippen molar-refractivity contribution in [3.63, 3.8) is 0 Å². The third kappa shape index (κ3) is 1.74. The van der Waals surface area contributed by atoms with E-state index in [0.29, 0.717) is 13.1 Å². The predicted molar refractivity (Wildman–Crippen MR) is 63.3 cm³/mol. The van der Waals surface area contributed by atoms with Gasteiger partial charge in [-0.25, -0.2) is 0 Å². The summed E-state index contributed by atoms with van der Waals surface area (Å²) in [6.45, 7) is 4.84. The number of nitrogens with zero attached hydrogens (tertiary/aromatic N) is 2. The highest BCUT2D eigenvalue weighted by atomic mass is 16.2. The smallest absolute Gasteiger partial charge is 0.243 e. The summed E-state index contributed by atoms with van der Waals surface area (Å²) >= 11 is 0. The SMILES string of the molecule is CC(C)(CN)N1CC(=O)Nc2ccncc21. The summed E-state index contributed by atoms with van der Waals surface area (Å²) in [5, 5.41) is 2.82. The first-order valence-electron chi connectivity index (χ1n) is 5.26. The topological polar surface area (TPSA) is 71.2 Å². The maximum absolute atomic E-state index is 11.6. The van der Waals surface area contributed by atoms with E-state index in [0.717, 1.165) is 11.4 Å². The lowest BCUT2D eigenvalue weighted by Gasteiger charge is -2.42. The van der Waals surface area contributed by atoms with Gasteiger partial charge in [0, 0.05) is 18.3 Å². The molecule has 0 fully saturated rings. The average molecular weight is 220 g/mol. The molecule has 2 rings (SSSR count). The zero-order chi connectivity index (χ0) is 11.8. The van der Waals surface area contributed by atoms with Gasteiger partial charge in [0.2, 0.25) is 5.91 Å². The van der Waals surface area contributed by atoms with Gasteiger partial charge in [0.05, 0.1) is 24.1 Å². The molecule has 0 aliphatic carbocycles. The third-order valence-electron chi connectivity index (χ3n) is 2.90. The molecule has 16 heavy (non-hydrogen) atoms. The lowest BCUT2D eigenvalue weighted by molar-refractivity contribution is -0.115. The van der Waals surface area contributed by atoms with Crippen LogP contribution >= 0.6 is 0 Å². The normalized spacial score (nSPS) is 15.7. The van der Waals surface area contributed by atoms with Gasteiger partial charge >= 0.3 is 0 Å². The monoisotopic (exact) mass is 220 g/mol. The third-order valence-corrected chi connectivity index (χ3v) is 2.90. The summed E-state index contributed by atoms with van der Waals surface area (Å²) in [6, 6.07) is 1.80. The van der Waals surface area contributed by atoms with Crippen LogP contribution in [-0.4, -0.2) is 29.5 Å². The lowest BCUT2D eigenvalue weighted by atomic mass is 10.0. The molecule has 0 saturated carbocycles. The van der Waals surface area contributed by atoms with Crippen molar-refractivity contribution in [1.82, 2.24) is 4.98 Å². The number of pyridine rings is 1. The summed E-state index contributed by atoms with van der Waals surface area (Å²) in [5.74, 6) is -0.0137. The van der Waals surface area contributed by atoms with Crippen molar-refractivity contribution in [2.24, 2.45) is 5.73 Å². The largest absolute Gasteiger partial charge is 0.353 e. The molecule has 5 heteroatoms. The van der Waals surface area contributed by atoms with Gasteiger partial charge in [-0.1, -0.05) is 0 Å². The van der Waals surface area contributed by atoms with Crippen LogP contribution in [0, 0.1) is 0 Å². The number of carbonyl (C=O) groups is 1. The van der Waals surface area contributed by atoms with E-state index in [1.807, 2.05) is 18.7 Å². The van der Waals surface area contributed by atoms with Gasteiger partial charge in [-0.05, 0) is 19.9 Å². The minimum atomic E-state index is -0.254. The molecule has 0 spiro atoms. The number of amides is 1. The minimum absolute atomic E-state index is 0.0137. The number of aromatic nitrogens is 1.